The first-order valence-electron chi connectivity index (χ1n) is 4.84. The number of halogens is 2. The van der Waals surface area contributed by atoms with Crippen molar-refractivity contribution in [2.75, 3.05) is 11.2 Å². The van der Waals surface area contributed by atoms with Crippen LogP contribution in [0.3, 0.4) is 0 Å². The predicted molar refractivity (Wildman–Crippen MR) is 72.4 cm³/mol. The molecule has 1 N–H and O–H groups in total. The number of carbonyl (C=O) groups excluding carboxylic acids is 1. The van der Waals surface area contributed by atoms with Crippen molar-refractivity contribution in [3.63, 3.8) is 0 Å². The van der Waals surface area contributed by atoms with E-state index in [0.717, 1.165) is 22.1 Å². The minimum Gasteiger partial charge on any atom is -0.326 e. The van der Waals surface area contributed by atoms with Gasteiger partial charge in [0, 0.05) is 21.6 Å². The summed E-state index contributed by atoms with van der Waals surface area (Å²) in [6, 6.07) is 7.75. The molecule has 0 heterocycles. The van der Waals surface area contributed by atoms with E-state index in [1.165, 1.54) is 0 Å². The number of nitrogens with one attached hydrogen (secondary N) is 1. The van der Waals surface area contributed by atoms with Crippen molar-refractivity contribution < 1.29 is 4.79 Å². The van der Waals surface area contributed by atoms with Crippen LogP contribution in [0, 0.1) is 3.57 Å². The topological polar surface area (TPSA) is 29.1 Å². The maximum Gasteiger partial charge on any atom is 0.224 e. The van der Waals surface area contributed by atoms with Gasteiger partial charge in [0.05, 0.1) is 0 Å². The first-order valence-corrected chi connectivity index (χ1v) is 6.45. The summed E-state index contributed by atoms with van der Waals surface area (Å²) in [6.45, 7) is 0. The number of alkyl halides is 1. The summed E-state index contributed by atoms with van der Waals surface area (Å²) in [6.07, 6.45) is 2.28. The lowest BCUT2D eigenvalue weighted by Crippen LogP contribution is -2.11. The first kappa shape index (κ1) is 12.8. The number of hydrogen-bond donors (Lipinski definition) is 1. The van der Waals surface area contributed by atoms with Gasteiger partial charge in [-0.3, -0.25) is 4.79 Å². The highest BCUT2D eigenvalue weighted by Gasteiger charge is 2.01. The van der Waals surface area contributed by atoms with Gasteiger partial charge in [0.25, 0.3) is 0 Å². The fraction of sp³-hybridized carbons (Fsp3) is 0.364. The van der Waals surface area contributed by atoms with E-state index in [0.29, 0.717) is 12.3 Å². The number of rotatable bonds is 5. The molecule has 1 amide bonds. The molecule has 0 bridgehead atoms. The van der Waals surface area contributed by atoms with Crippen molar-refractivity contribution in [3.8, 4) is 0 Å². The van der Waals surface area contributed by atoms with E-state index >= 15 is 0 Å². The van der Waals surface area contributed by atoms with E-state index < -0.39 is 0 Å². The Morgan fingerprint density at radius 1 is 1.40 bits per heavy atom. The van der Waals surface area contributed by atoms with Crippen LogP contribution in [0.5, 0.6) is 0 Å². The Balaban J connectivity index is 2.37. The second-order valence-electron chi connectivity index (χ2n) is 3.20. The molecule has 0 saturated carbocycles. The maximum atomic E-state index is 11.4. The molecule has 0 aliphatic heterocycles. The summed E-state index contributed by atoms with van der Waals surface area (Å²) >= 11 is 7.75. The largest absolute Gasteiger partial charge is 0.326 e. The van der Waals surface area contributed by atoms with Gasteiger partial charge in [-0.1, -0.05) is 6.07 Å². The van der Waals surface area contributed by atoms with Crippen LogP contribution >= 0.6 is 34.2 Å². The minimum atomic E-state index is 0.0575. The second kappa shape index (κ2) is 7.06. The average molecular weight is 338 g/mol. The highest BCUT2D eigenvalue weighted by atomic mass is 127. The molecule has 0 unspecified atom stereocenters. The average Bonchev–Trinajstić information content (AvgIpc) is 2.18. The van der Waals surface area contributed by atoms with Gasteiger partial charge >= 0.3 is 0 Å². The molecule has 0 aromatic heterocycles. The highest BCUT2D eigenvalue weighted by molar-refractivity contribution is 14.1. The molecule has 4 heteroatoms. The van der Waals surface area contributed by atoms with Crippen LogP contribution in [0.15, 0.2) is 24.3 Å². The molecule has 0 aliphatic rings. The Hall–Kier alpha value is -0.290. The number of unbranched alkanes of at least 4 members (excludes halogenated alkanes) is 1. The van der Waals surface area contributed by atoms with Crippen molar-refractivity contribution in [3.05, 3.63) is 27.8 Å². The lowest BCUT2D eigenvalue weighted by molar-refractivity contribution is -0.116. The molecule has 1 rings (SSSR count). The summed E-state index contributed by atoms with van der Waals surface area (Å²) in [7, 11) is 0. The summed E-state index contributed by atoms with van der Waals surface area (Å²) in [5.74, 6) is 0.679. The summed E-state index contributed by atoms with van der Waals surface area (Å²) < 4.78 is 1.12. The first-order chi connectivity index (χ1) is 7.22. The van der Waals surface area contributed by atoms with E-state index in [-0.39, 0.29) is 5.91 Å². The molecule has 1 aromatic carbocycles. The lowest BCUT2D eigenvalue weighted by Gasteiger charge is -2.04. The Morgan fingerprint density at radius 3 is 2.87 bits per heavy atom. The molecule has 1 aromatic rings. The van der Waals surface area contributed by atoms with Gasteiger partial charge in [0.1, 0.15) is 0 Å². The summed E-state index contributed by atoms with van der Waals surface area (Å²) in [4.78, 5) is 11.4. The van der Waals surface area contributed by atoms with Crippen molar-refractivity contribution >= 4 is 45.8 Å². The number of hydrogen-bond acceptors (Lipinski definition) is 1. The number of anilines is 1. The van der Waals surface area contributed by atoms with E-state index in [1.807, 2.05) is 24.3 Å². The van der Waals surface area contributed by atoms with E-state index in [2.05, 4.69) is 27.9 Å². The highest BCUT2D eigenvalue weighted by Crippen LogP contribution is 2.12. The molecule has 0 aliphatic carbocycles. The number of amides is 1. The van der Waals surface area contributed by atoms with Crippen LogP contribution in [0.2, 0.25) is 0 Å². The SMILES string of the molecule is O=C(CCCCCl)Nc1cccc(I)c1. The smallest absolute Gasteiger partial charge is 0.224 e. The van der Waals surface area contributed by atoms with Crippen LogP contribution in [-0.4, -0.2) is 11.8 Å². The van der Waals surface area contributed by atoms with Gasteiger partial charge in [-0.25, -0.2) is 0 Å². The third-order valence-corrected chi connectivity index (χ3v) is 2.83. The second-order valence-corrected chi connectivity index (χ2v) is 4.83. The van der Waals surface area contributed by atoms with Crippen molar-refractivity contribution in [1.82, 2.24) is 0 Å². The molecule has 0 saturated heterocycles. The Bertz CT molecular complexity index is 330. The predicted octanol–water partition coefficient (Wildman–Crippen LogP) is 3.64. The zero-order valence-electron chi connectivity index (χ0n) is 8.30. The third kappa shape index (κ3) is 5.37. The maximum absolute atomic E-state index is 11.4. The standard InChI is InChI=1S/C11H13ClINO/c12-7-2-1-6-11(15)14-10-5-3-4-9(13)8-10/h3-5,8H,1-2,6-7H2,(H,14,15). The zero-order chi connectivity index (χ0) is 11.1. The van der Waals surface area contributed by atoms with Crippen LogP contribution < -0.4 is 5.32 Å². The molecule has 15 heavy (non-hydrogen) atoms. The fourth-order valence-electron chi connectivity index (χ4n) is 1.17. The molecule has 82 valence electrons. The summed E-state index contributed by atoms with van der Waals surface area (Å²) in [5.41, 5.74) is 0.859. The molecular formula is C11H13ClINO. The molecule has 0 spiro atoms. The van der Waals surface area contributed by atoms with Gasteiger partial charge < -0.3 is 5.32 Å². The fourth-order valence-corrected chi connectivity index (χ4v) is 1.90. The van der Waals surface area contributed by atoms with E-state index in [1.54, 1.807) is 0 Å². The zero-order valence-corrected chi connectivity index (χ0v) is 11.2. The Kier molecular flexibility index (Phi) is 6.02. The normalized spacial score (nSPS) is 10.0. The minimum absolute atomic E-state index is 0.0575. The molecular weight excluding hydrogens is 324 g/mol. The van der Waals surface area contributed by atoms with Crippen molar-refractivity contribution in [1.29, 1.82) is 0 Å². The van der Waals surface area contributed by atoms with Gasteiger partial charge in [-0.15, -0.1) is 11.6 Å². The van der Waals surface area contributed by atoms with Gasteiger partial charge in [0.2, 0.25) is 5.91 Å². The van der Waals surface area contributed by atoms with Gasteiger partial charge in [-0.2, -0.15) is 0 Å². The van der Waals surface area contributed by atoms with E-state index in [9.17, 15) is 4.79 Å². The number of carbonyl (C=O) groups is 1. The van der Waals surface area contributed by atoms with Crippen LogP contribution in [0.1, 0.15) is 19.3 Å². The quantitative estimate of drug-likeness (QED) is 0.496. The van der Waals surface area contributed by atoms with Crippen molar-refractivity contribution in [2.24, 2.45) is 0 Å². The van der Waals surface area contributed by atoms with Crippen molar-refractivity contribution in [2.45, 2.75) is 19.3 Å². The Morgan fingerprint density at radius 2 is 2.20 bits per heavy atom. The van der Waals surface area contributed by atoms with E-state index in [4.69, 9.17) is 11.6 Å². The van der Waals surface area contributed by atoms with Gasteiger partial charge in [-0.05, 0) is 53.6 Å². The third-order valence-electron chi connectivity index (χ3n) is 1.90. The van der Waals surface area contributed by atoms with Crippen LogP contribution in [0.25, 0.3) is 0 Å². The molecule has 0 radical (unpaired) electrons. The summed E-state index contributed by atoms with van der Waals surface area (Å²) in [5, 5.41) is 2.85. The van der Waals surface area contributed by atoms with Crippen LogP contribution in [-0.2, 0) is 4.79 Å². The number of benzene rings is 1. The Labute approximate surface area is 109 Å². The molecule has 0 atom stereocenters. The molecule has 2 nitrogen and oxygen atoms in total. The monoisotopic (exact) mass is 337 g/mol. The lowest BCUT2D eigenvalue weighted by atomic mass is 10.2. The van der Waals surface area contributed by atoms with Crippen LogP contribution in [0.4, 0.5) is 5.69 Å². The van der Waals surface area contributed by atoms with Gasteiger partial charge in [0.15, 0.2) is 0 Å². The molecule has 0 fully saturated rings.